The first-order valence-electron chi connectivity index (χ1n) is 7.36. The van der Waals surface area contributed by atoms with Gasteiger partial charge in [-0.15, -0.1) is 0 Å². The molecule has 0 saturated heterocycles. The van der Waals surface area contributed by atoms with Crippen molar-refractivity contribution in [1.29, 1.82) is 0 Å². The van der Waals surface area contributed by atoms with Crippen molar-refractivity contribution in [2.45, 2.75) is 25.4 Å². The van der Waals surface area contributed by atoms with Crippen LogP contribution < -0.4 is 5.73 Å². The Morgan fingerprint density at radius 1 is 1.05 bits per heavy atom. The van der Waals surface area contributed by atoms with E-state index in [1.165, 1.54) is 5.56 Å². The fraction of sp³-hybridized carbons (Fsp3) is 0.333. The van der Waals surface area contributed by atoms with Crippen molar-refractivity contribution < 1.29 is 0 Å². The van der Waals surface area contributed by atoms with E-state index in [-0.39, 0.29) is 6.04 Å². The van der Waals surface area contributed by atoms with Crippen LogP contribution >= 0.6 is 11.6 Å². The van der Waals surface area contributed by atoms with Crippen molar-refractivity contribution in [2.24, 2.45) is 5.73 Å². The van der Waals surface area contributed by atoms with Gasteiger partial charge >= 0.3 is 0 Å². The fourth-order valence-corrected chi connectivity index (χ4v) is 2.67. The largest absolute Gasteiger partial charge is 0.327 e. The highest BCUT2D eigenvalue weighted by Crippen LogP contribution is 2.16. The van der Waals surface area contributed by atoms with Crippen LogP contribution in [0.5, 0.6) is 0 Å². The average molecular weight is 303 g/mol. The normalized spacial score (nSPS) is 12.6. The van der Waals surface area contributed by atoms with Gasteiger partial charge in [-0.1, -0.05) is 60.1 Å². The van der Waals surface area contributed by atoms with E-state index in [1.807, 2.05) is 24.3 Å². The van der Waals surface area contributed by atoms with Crippen LogP contribution in [0, 0.1) is 0 Å². The second-order valence-electron chi connectivity index (χ2n) is 5.57. The molecule has 112 valence electrons. The maximum absolute atomic E-state index is 6.24. The highest BCUT2D eigenvalue weighted by atomic mass is 35.5. The van der Waals surface area contributed by atoms with Crippen molar-refractivity contribution in [3.8, 4) is 0 Å². The molecule has 3 heteroatoms. The molecule has 2 aromatic rings. The van der Waals surface area contributed by atoms with Gasteiger partial charge in [0.05, 0.1) is 0 Å². The number of likely N-dealkylation sites (N-methyl/N-ethyl adjacent to an activating group) is 1. The third kappa shape index (κ3) is 5.50. The second-order valence-corrected chi connectivity index (χ2v) is 5.98. The molecule has 0 aromatic heterocycles. The molecule has 2 N–H and O–H groups in total. The summed E-state index contributed by atoms with van der Waals surface area (Å²) < 4.78 is 0. The summed E-state index contributed by atoms with van der Waals surface area (Å²) in [5.41, 5.74) is 8.74. The number of hydrogen-bond acceptors (Lipinski definition) is 2. The molecule has 0 fully saturated rings. The first kappa shape index (κ1) is 16.0. The second kappa shape index (κ2) is 8.18. The summed E-state index contributed by atoms with van der Waals surface area (Å²) >= 11 is 6.19. The van der Waals surface area contributed by atoms with Crippen LogP contribution in [0.2, 0.25) is 5.02 Å². The van der Waals surface area contributed by atoms with Crippen molar-refractivity contribution in [1.82, 2.24) is 4.90 Å². The molecular formula is C18H23ClN2. The Morgan fingerprint density at radius 3 is 2.43 bits per heavy atom. The van der Waals surface area contributed by atoms with E-state index in [0.29, 0.717) is 0 Å². The van der Waals surface area contributed by atoms with Gasteiger partial charge in [-0.2, -0.15) is 0 Å². The smallest absolute Gasteiger partial charge is 0.0451 e. The molecule has 2 nitrogen and oxygen atoms in total. The molecule has 0 saturated carbocycles. The third-order valence-electron chi connectivity index (χ3n) is 3.59. The highest BCUT2D eigenvalue weighted by Gasteiger charge is 2.09. The van der Waals surface area contributed by atoms with Crippen LogP contribution in [0.15, 0.2) is 54.6 Å². The first-order valence-corrected chi connectivity index (χ1v) is 7.74. The zero-order valence-corrected chi connectivity index (χ0v) is 13.3. The van der Waals surface area contributed by atoms with E-state index in [1.54, 1.807) is 0 Å². The lowest BCUT2D eigenvalue weighted by Gasteiger charge is -2.21. The number of nitrogens with zero attached hydrogens (tertiary/aromatic N) is 1. The zero-order chi connectivity index (χ0) is 15.1. The number of hydrogen-bond donors (Lipinski definition) is 1. The minimum Gasteiger partial charge on any atom is -0.327 e. The number of halogens is 1. The standard InChI is InChI=1S/C18H23ClN2/c1-21(13-16-9-5-6-10-18(16)19)14-17(20)12-11-15-7-3-2-4-8-15/h2-10,17H,11-14,20H2,1H3. The Balaban J connectivity index is 1.77. The van der Waals surface area contributed by atoms with Gasteiger partial charge < -0.3 is 10.6 Å². The molecule has 0 bridgehead atoms. The molecule has 2 aromatic carbocycles. The van der Waals surface area contributed by atoms with Crippen molar-refractivity contribution >= 4 is 11.6 Å². The quantitative estimate of drug-likeness (QED) is 0.844. The molecule has 0 aliphatic heterocycles. The molecule has 0 heterocycles. The van der Waals surface area contributed by atoms with E-state index >= 15 is 0 Å². The molecule has 0 aliphatic carbocycles. The van der Waals surface area contributed by atoms with Crippen LogP contribution in [0.4, 0.5) is 0 Å². The molecule has 2 rings (SSSR count). The molecule has 1 unspecified atom stereocenters. The Kier molecular flexibility index (Phi) is 6.24. The summed E-state index contributed by atoms with van der Waals surface area (Å²) in [7, 11) is 2.09. The SMILES string of the molecule is CN(Cc1ccccc1Cl)CC(N)CCc1ccccc1. The summed E-state index contributed by atoms with van der Waals surface area (Å²) in [6, 6.07) is 18.6. The molecule has 0 aliphatic rings. The number of nitrogens with two attached hydrogens (primary N) is 1. The lowest BCUT2D eigenvalue weighted by Crippen LogP contribution is -2.35. The summed E-state index contributed by atoms with van der Waals surface area (Å²) in [6.07, 6.45) is 2.03. The maximum atomic E-state index is 6.24. The zero-order valence-electron chi connectivity index (χ0n) is 12.5. The van der Waals surface area contributed by atoms with Gasteiger partial charge in [0.15, 0.2) is 0 Å². The van der Waals surface area contributed by atoms with Crippen LogP contribution in [0.25, 0.3) is 0 Å². The number of aryl methyl sites for hydroxylation is 1. The molecule has 0 spiro atoms. The Morgan fingerprint density at radius 2 is 1.71 bits per heavy atom. The molecular weight excluding hydrogens is 280 g/mol. The average Bonchev–Trinajstić information content (AvgIpc) is 2.48. The predicted octanol–water partition coefficient (Wildman–Crippen LogP) is 3.73. The van der Waals surface area contributed by atoms with Crippen LogP contribution in [0.3, 0.4) is 0 Å². The Hall–Kier alpha value is -1.35. The van der Waals surface area contributed by atoms with Crippen LogP contribution in [0.1, 0.15) is 17.5 Å². The summed E-state index contributed by atoms with van der Waals surface area (Å²) in [6.45, 7) is 1.71. The highest BCUT2D eigenvalue weighted by molar-refractivity contribution is 6.31. The minimum absolute atomic E-state index is 0.178. The molecule has 0 amide bonds. The van der Waals surface area contributed by atoms with Gasteiger partial charge in [-0.25, -0.2) is 0 Å². The molecule has 0 radical (unpaired) electrons. The number of benzene rings is 2. The molecule has 1 atom stereocenters. The first-order chi connectivity index (χ1) is 10.1. The van der Waals surface area contributed by atoms with E-state index in [2.05, 4.69) is 42.3 Å². The summed E-state index contributed by atoms with van der Waals surface area (Å²) in [5, 5.41) is 0.821. The lowest BCUT2D eigenvalue weighted by atomic mass is 10.1. The van der Waals surface area contributed by atoms with Gasteiger partial charge in [-0.3, -0.25) is 0 Å². The fourth-order valence-electron chi connectivity index (χ4n) is 2.47. The lowest BCUT2D eigenvalue weighted by molar-refractivity contribution is 0.297. The van der Waals surface area contributed by atoms with Crippen molar-refractivity contribution in [3.05, 3.63) is 70.7 Å². The molecule has 21 heavy (non-hydrogen) atoms. The Labute approximate surface area is 132 Å². The van der Waals surface area contributed by atoms with E-state index in [0.717, 1.165) is 36.5 Å². The van der Waals surface area contributed by atoms with E-state index in [9.17, 15) is 0 Å². The monoisotopic (exact) mass is 302 g/mol. The van der Waals surface area contributed by atoms with Crippen LogP contribution in [-0.2, 0) is 13.0 Å². The van der Waals surface area contributed by atoms with Gasteiger partial charge in [0.25, 0.3) is 0 Å². The van der Waals surface area contributed by atoms with E-state index in [4.69, 9.17) is 17.3 Å². The Bertz CT molecular complexity index is 542. The number of rotatable bonds is 7. The maximum Gasteiger partial charge on any atom is 0.0451 e. The van der Waals surface area contributed by atoms with Crippen molar-refractivity contribution in [3.63, 3.8) is 0 Å². The predicted molar refractivity (Wildman–Crippen MR) is 90.5 cm³/mol. The van der Waals surface area contributed by atoms with Gasteiger partial charge in [0, 0.05) is 24.2 Å². The summed E-state index contributed by atoms with van der Waals surface area (Å²) in [4.78, 5) is 2.23. The minimum atomic E-state index is 0.178. The topological polar surface area (TPSA) is 29.3 Å². The van der Waals surface area contributed by atoms with Gasteiger partial charge in [0.2, 0.25) is 0 Å². The van der Waals surface area contributed by atoms with Crippen LogP contribution in [-0.4, -0.2) is 24.5 Å². The summed E-state index contributed by atoms with van der Waals surface area (Å²) in [5.74, 6) is 0. The van der Waals surface area contributed by atoms with E-state index < -0.39 is 0 Å². The van der Waals surface area contributed by atoms with Gasteiger partial charge in [-0.05, 0) is 37.1 Å². The van der Waals surface area contributed by atoms with Crippen molar-refractivity contribution in [2.75, 3.05) is 13.6 Å². The third-order valence-corrected chi connectivity index (χ3v) is 3.96. The van der Waals surface area contributed by atoms with Gasteiger partial charge in [0.1, 0.15) is 0 Å².